The molecule has 10 heteroatoms. The molecule has 3 rings (SSSR count). The molecule has 0 aromatic heterocycles. The number of nitrogens with one attached hydrogen (secondary N) is 1. The van der Waals surface area contributed by atoms with Crippen LogP contribution in [0.25, 0.3) is 0 Å². The van der Waals surface area contributed by atoms with E-state index in [1.807, 2.05) is 4.90 Å². The molecule has 1 aliphatic heterocycles. The molecule has 1 fully saturated rings. The number of hydrogen-bond donors (Lipinski definition) is 2. The van der Waals surface area contributed by atoms with Crippen LogP contribution >= 0.6 is 0 Å². The quantitative estimate of drug-likeness (QED) is 0.566. The standard InChI is InChI=1S/C19H22N4O5S/c20-29(27,28)16-8-6-15(7-9-16)21-19(24)14-5-10-17(18(13-14)23(25)26)22-11-3-1-2-4-12-22/h5-10,13H,1-4,11-12H2,(H,21,24)(H2,20,27,28). The second kappa shape index (κ2) is 8.58. The number of carbonyl (C=O) groups excluding carboxylic acids is 1. The highest BCUT2D eigenvalue weighted by Gasteiger charge is 2.22. The minimum Gasteiger partial charge on any atom is -0.366 e. The number of primary sulfonamides is 1. The lowest BCUT2D eigenvalue weighted by Crippen LogP contribution is -2.25. The van der Waals surface area contributed by atoms with Gasteiger partial charge in [0, 0.05) is 30.4 Å². The Kier molecular flexibility index (Phi) is 6.14. The number of nitro benzene ring substituents is 1. The van der Waals surface area contributed by atoms with Gasteiger partial charge in [0.15, 0.2) is 0 Å². The van der Waals surface area contributed by atoms with Crippen molar-refractivity contribution in [2.45, 2.75) is 30.6 Å². The summed E-state index contributed by atoms with van der Waals surface area (Å²) in [5, 5.41) is 19.2. The smallest absolute Gasteiger partial charge is 0.293 e. The summed E-state index contributed by atoms with van der Waals surface area (Å²) < 4.78 is 22.6. The number of hydrogen-bond acceptors (Lipinski definition) is 6. The van der Waals surface area contributed by atoms with Crippen LogP contribution < -0.4 is 15.4 Å². The monoisotopic (exact) mass is 418 g/mol. The molecule has 0 spiro atoms. The molecule has 0 unspecified atom stereocenters. The highest BCUT2D eigenvalue weighted by molar-refractivity contribution is 7.89. The summed E-state index contributed by atoms with van der Waals surface area (Å²) in [6.45, 7) is 1.51. The Bertz CT molecular complexity index is 1010. The first-order chi connectivity index (χ1) is 13.8. The minimum absolute atomic E-state index is 0.0760. The van der Waals surface area contributed by atoms with Crippen molar-refractivity contribution in [3.05, 3.63) is 58.1 Å². The Morgan fingerprint density at radius 1 is 1.03 bits per heavy atom. The third-order valence-corrected chi connectivity index (χ3v) is 5.75. The maximum Gasteiger partial charge on any atom is 0.293 e. The van der Waals surface area contributed by atoms with Crippen molar-refractivity contribution in [1.29, 1.82) is 0 Å². The van der Waals surface area contributed by atoms with E-state index in [1.54, 1.807) is 12.1 Å². The van der Waals surface area contributed by atoms with E-state index in [0.717, 1.165) is 38.8 Å². The van der Waals surface area contributed by atoms with Crippen molar-refractivity contribution in [2.24, 2.45) is 5.14 Å². The Balaban J connectivity index is 1.82. The fourth-order valence-electron chi connectivity index (χ4n) is 3.32. The zero-order valence-electron chi connectivity index (χ0n) is 15.7. The van der Waals surface area contributed by atoms with Crippen LogP contribution in [0, 0.1) is 10.1 Å². The lowest BCUT2D eigenvalue weighted by Gasteiger charge is -2.22. The molecule has 3 N–H and O–H groups in total. The van der Waals surface area contributed by atoms with Gasteiger partial charge in [0.05, 0.1) is 9.82 Å². The molecule has 2 aromatic carbocycles. The van der Waals surface area contributed by atoms with Gasteiger partial charge in [-0.1, -0.05) is 12.8 Å². The first-order valence-corrected chi connectivity index (χ1v) is 10.8. The second-order valence-electron chi connectivity index (χ2n) is 6.89. The number of benzene rings is 2. The predicted molar refractivity (Wildman–Crippen MR) is 110 cm³/mol. The number of anilines is 2. The van der Waals surface area contributed by atoms with Crippen LogP contribution in [0.2, 0.25) is 0 Å². The van der Waals surface area contributed by atoms with E-state index in [1.165, 1.54) is 30.3 Å². The molecule has 2 aromatic rings. The molecule has 154 valence electrons. The Labute approximate surface area is 168 Å². The fraction of sp³-hybridized carbons (Fsp3) is 0.316. The highest BCUT2D eigenvalue weighted by Crippen LogP contribution is 2.31. The van der Waals surface area contributed by atoms with Gasteiger partial charge in [-0.15, -0.1) is 0 Å². The third kappa shape index (κ3) is 5.09. The molecule has 0 radical (unpaired) electrons. The van der Waals surface area contributed by atoms with Crippen molar-refractivity contribution in [1.82, 2.24) is 0 Å². The molecule has 1 amide bonds. The van der Waals surface area contributed by atoms with Gasteiger partial charge in [0.1, 0.15) is 5.69 Å². The van der Waals surface area contributed by atoms with Crippen molar-refractivity contribution in [3.63, 3.8) is 0 Å². The van der Waals surface area contributed by atoms with Crippen LogP contribution in [0.4, 0.5) is 17.1 Å². The van der Waals surface area contributed by atoms with Crippen molar-refractivity contribution in [2.75, 3.05) is 23.3 Å². The van der Waals surface area contributed by atoms with Crippen LogP contribution in [0.15, 0.2) is 47.4 Å². The van der Waals surface area contributed by atoms with E-state index < -0.39 is 20.9 Å². The Morgan fingerprint density at radius 3 is 2.21 bits per heavy atom. The molecular formula is C19H22N4O5S. The molecule has 1 aliphatic rings. The average molecular weight is 418 g/mol. The summed E-state index contributed by atoms with van der Waals surface area (Å²) in [7, 11) is -3.83. The van der Waals surface area contributed by atoms with Gasteiger partial charge in [0.25, 0.3) is 11.6 Å². The number of rotatable bonds is 5. The largest absolute Gasteiger partial charge is 0.366 e. The summed E-state index contributed by atoms with van der Waals surface area (Å²) in [6.07, 6.45) is 4.17. The second-order valence-corrected chi connectivity index (χ2v) is 8.45. The van der Waals surface area contributed by atoms with Crippen molar-refractivity contribution in [3.8, 4) is 0 Å². The van der Waals surface area contributed by atoms with Crippen LogP contribution in [0.3, 0.4) is 0 Å². The van der Waals surface area contributed by atoms with Crippen molar-refractivity contribution < 1.29 is 18.1 Å². The third-order valence-electron chi connectivity index (χ3n) is 4.82. The number of nitrogens with zero attached hydrogens (tertiary/aromatic N) is 2. The van der Waals surface area contributed by atoms with E-state index in [-0.39, 0.29) is 16.1 Å². The summed E-state index contributed by atoms with van der Waals surface area (Å²) in [4.78, 5) is 25.6. The summed E-state index contributed by atoms with van der Waals surface area (Å²) in [5.74, 6) is -0.529. The Hall–Kier alpha value is -2.98. The van der Waals surface area contributed by atoms with Gasteiger partial charge in [-0.2, -0.15) is 0 Å². The number of nitrogens with two attached hydrogens (primary N) is 1. The zero-order chi connectivity index (χ0) is 21.0. The van der Waals surface area contributed by atoms with Gasteiger partial charge in [0.2, 0.25) is 10.0 Å². The molecule has 1 saturated heterocycles. The molecule has 0 saturated carbocycles. The Morgan fingerprint density at radius 2 is 1.66 bits per heavy atom. The van der Waals surface area contributed by atoms with Gasteiger partial charge in [-0.3, -0.25) is 14.9 Å². The number of carbonyl (C=O) groups is 1. The molecule has 1 heterocycles. The first-order valence-electron chi connectivity index (χ1n) is 9.23. The van der Waals surface area contributed by atoms with Crippen LogP contribution in [0.1, 0.15) is 36.0 Å². The van der Waals surface area contributed by atoms with Crippen LogP contribution in [-0.2, 0) is 10.0 Å². The zero-order valence-corrected chi connectivity index (χ0v) is 16.5. The molecular weight excluding hydrogens is 396 g/mol. The van der Waals surface area contributed by atoms with Crippen molar-refractivity contribution >= 4 is 33.0 Å². The van der Waals surface area contributed by atoms with Gasteiger partial charge in [-0.25, -0.2) is 13.6 Å². The average Bonchev–Trinajstić information content (AvgIpc) is 2.96. The summed E-state index contributed by atoms with van der Waals surface area (Å²) in [6, 6.07) is 9.79. The normalized spacial score (nSPS) is 14.9. The minimum atomic E-state index is -3.83. The maximum atomic E-state index is 12.5. The lowest BCUT2D eigenvalue weighted by atomic mass is 10.1. The fourth-order valence-corrected chi connectivity index (χ4v) is 3.84. The number of sulfonamides is 1. The predicted octanol–water partition coefficient (Wildman–Crippen LogP) is 2.87. The summed E-state index contributed by atoms with van der Waals surface area (Å²) in [5.41, 5.74) is 0.905. The van der Waals surface area contributed by atoms with Gasteiger partial charge in [-0.05, 0) is 49.2 Å². The van der Waals surface area contributed by atoms with E-state index in [0.29, 0.717) is 11.4 Å². The maximum absolute atomic E-state index is 12.5. The van der Waals surface area contributed by atoms with Gasteiger partial charge >= 0.3 is 0 Å². The van der Waals surface area contributed by atoms with Gasteiger partial charge < -0.3 is 10.2 Å². The van der Waals surface area contributed by atoms with E-state index >= 15 is 0 Å². The number of amides is 1. The lowest BCUT2D eigenvalue weighted by molar-refractivity contribution is -0.384. The van der Waals surface area contributed by atoms with Crippen LogP contribution in [-0.4, -0.2) is 32.3 Å². The molecule has 0 atom stereocenters. The molecule has 0 bridgehead atoms. The van der Waals surface area contributed by atoms with E-state index in [2.05, 4.69) is 5.32 Å². The van der Waals surface area contributed by atoms with Crippen LogP contribution in [0.5, 0.6) is 0 Å². The molecule has 9 nitrogen and oxygen atoms in total. The number of nitro groups is 1. The molecule has 0 aliphatic carbocycles. The summed E-state index contributed by atoms with van der Waals surface area (Å²) >= 11 is 0. The highest BCUT2D eigenvalue weighted by atomic mass is 32.2. The van der Waals surface area contributed by atoms with E-state index in [4.69, 9.17) is 5.14 Å². The SMILES string of the molecule is NS(=O)(=O)c1ccc(NC(=O)c2ccc(N3CCCCCC3)c([N+](=O)[O-])c2)cc1. The molecule has 29 heavy (non-hydrogen) atoms. The first kappa shape index (κ1) is 20.7. The topological polar surface area (TPSA) is 136 Å². The van der Waals surface area contributed by atoms with E-state index in [9.17, 15) is 23.3 Å².